The number of amides is 1. The standard InChI is InChI=1S/C24H27Cl3N4O.HI/c1-3-19-22(24(32)29-31(2)13-5-4-6-14-31)28-30(21-12-11-18(26)15-20(21)27)23(19)16-7-9-17(25)10-8-16;/h7-12,15,19,23H,3-6,13-14H2,1-2H3;1H/t19-,23+;/m0./s1. The summed E-state index contributed by atoms with van der Waals surface area (Å²) in [5.41, 5.74) is 5.52. The normalized spacial score (nSPS) is 21.8. The van der Waals surface area contributed by atoms with Gasteiger partial charge in [-0.3, -0.25) is 9.80 Å². The molecule has 0 spiro atoms. The Morgan fingerprint density at radius 3 is 2.30 bits per heavy atom. The molecule has 0 aliphatic carbocycles. The molecule has 2 heterocycles. The zero-order valence-corrected chi connectivity index (χ0v) is 23.1. The predicted molar refractivity (Wildman–Crippen MR) is 132 cm³/mol. The summed E-state index contributed by atoms with van der Waals surface area (Å²) < 4.78 is 0.543. The summed E-state index contributed by atoms with van der Waals surface area (Å²) in [4.78, 5) is 13.5. The van der Waals surface area contributed by atoms with Crippen LogP contribution in [0, 0.1) is 5.92 Å². The lowest BCUT2D eigenvalue weighted by atomic mass is 9.87. The molecule has 2 atom stereocenters. The third-order valence-corrected chi connectivity index (χ3v) is 7.22. The van der Waals surface area contributed by atoms with Crippen molar-refractivity contribution in [2.24, 2.45) is 11.0 Å². The Kier molecular flexibility index (Phi) is 8.94. The summed E-state index contributed by atoms with van der Waals surface area (Å²) in [7, 11) is 2.08. The van der Waals surface area contributed by atoms with Crippen LogP contribution in [0.4, 0.5) is 5.69 Å². The molecule has 2 aromatic rings. The van der Waals surface area contributed by atoms with Crippen LogP contribution in [0.1, 0.15) is 44.2 Å². The van der Waals surface area contributed by atoms with E-state index in [-0.39, 0.29) is 41.8 Å². The molecule has 0 radical (unpaired) electrons. The number of anilines is 1. The van der Waals surface area contributed by atoms with Crippen molar-refractivity contribution in [3.63, 3.8) is 0 Å². The van der Waals surface area contributed by atoms with Gasteiger partial charge in [0.2, 0.25) is 0 Å². The molecule has 0 bridgehead atoms. The highest BCUT2D eigenvalue weighted by molar-refractivity contribution is 6.40. The molecule has 2 aliphatic heterocycles. The van der Waals surface area contributed by atoms with Gasteiger partial charge in [-0.25, -0.2) is 4.59 Å². The van der Waals surface area contributed by atoms with Crippen molar-refractivity contribution < 1.29 is 33.4 Å². The molecule has 1 N–H and O–H groups in total. The summed E-state index contributed by atoms with van der Waals surface area (Å²) in [5.74, 6) is -0.216. The van der Waals surface area contributed by atoms with Crippen molar-refractivity contribution in [2.45, 2.75) is 38.6 Å². The highest BCUT2D eigenvalue weighted by atomic mass is 127. The molecule has 9 heteroatoms. The number of hydrazone groups is 1. The smallest absolute Gasteiger partial charge is 0.312 e. The van der Waals surface area contributed by atoms with E-state index in [1.807, 2.05) is 35.3 Å². The first-order valence-corrected chi connectivity index (χ1v) is 12.2. The van der Waals surface area contributed by atoms with Crippen LogP contribution in [0.25, 0.3) is 0 Å². The number of hydrogen-bond donors (Lipinski definition) is 1. The van der Waals surface area contributed by atoms with E-state index in [1.54, 1.807) is 12.1 Å². The van der Waals surface area contributed by atoms with Gasteiger partial charge in [0.15, 0.2) is 0 Å². The second-order valence-electron chi connectivity index (χ2n) is 8.78. The van der Waals surface area contributed by atoms with Gasteiger partial charge >= 0.3 is 5.91 Å². The SMILES string of the molecule is CC[C@H]1C(C(=O)N[N+]2(C)CCCCC2)=NN(c2ccc(Cl)cc2Cl)[C@@H]1c1ccc(Cl)cc1.[I-]. The summed E-state index contributed by atoms with van der Waals surface area (Å²) in [5, 5.41) is 8.42. The molecule has 5 nitrogen and oxygen atoms in total. The van der Waals surface area contributed by atoms with E-state index in [0.717, 1.165) is 43.6 Å². The van der Waals surface area contributed by atoms with Crippen LogP contribution in [-0.2, 0) is 4.79 Å². The maximum absolute atomic E-state index is 13.5. The fourth-order valence-corrected chi connectivity index (χ4v) is 5.35. The lowest BCUT2D eigenvalue weighted by molar-refractivity contribution is -0.947. The summed E-state index contributed by atoms with van der Waals surface area (Å²) in [6.07, 6.45) is 4.19. The van der Waals surface area contributed by atoms with E-state index >= 15 is 0 Å². The number of piperidine rings is 1. The molecule has 2 aromatic carbocycles. The van der Waals surface area contributed by atoms with E-state index in [4.69, 9.17) is 39.9 Å². The van der Waals surface area contributed by atoms with E-state index in [2.05, 4.69) is 19.4 Å². The van der Waals surface area contributed by atoms with Gasteiger partial charge in [0.1, 0.15) is 18.8 Å². The van der Waals surface area contributed by atoms with Gasteiger partial charge in [0.25, 0.3) is 0 Å². The molecule has 0 saturated carbocycles. The van der Waals surface area contributed by atoms with Gasteiger partial charge in [-0.1, -0.05) is 53.9 Å². The number of hydrogen-bond acceptors (Lipinski definition) is 3. The van der Waals surface area contributed by atoms with Crippen molar-refractivity contribution in [3.05, 3.63) is 63.1 Å². The average Bonchev–Trinajstić information content (AvgIpc) is 3.14. The van der Waals surface area contributed by atoms with Crippen molar-refractivity contribution in [2.75, 3.05) is 25.1 Å². The first-order chi connectivity index (χ1) is 15.3. The van der Waals surface area contributed by atoms with Crippen LogP contribution < -0.4 is 34.4 Å². The molecule has 178 valence electrons. The highest BCUT2D eigenvalue weighted by Gasteiger charge is 2.43. The minimum atomic E-state index is -0.177. The number of likely N-dealkylation sites (tertiary alicyclic amines) is 1. The number of nitrogens with zero attached hydrogens (tertiary/aromatic N) is 3. The monoisotopic (exact) mass is 620 g/mol. The summed E-state index contributed by atoms with van der Waals surface area (Å²) in [6, 6.07) is 12.9. The van der Waals surface area contributed by atoms with Crippen LogP contribution in [0.3, 0.4) is 0 Å². The predicted octanol–water partition coefficient (Wildman–Crippen LogP) is 3.26. The van der Waals surface area contributed by atoms with Crippen LogP contribution in [-0.4, -0.2) is 36.3 Å². The lowest BCUT2D eigenvalue weighted by Crippen LogP contribution is -3.00. The number of carbonyl (C=O) groups is 1. The number of carbonyl (C=O) groups excluding carboxylic acids is 1. The zero-order valence-electron chi connectivity index (χ0n) is 18.7. The van der Waals surface area contributed by atoms with Crippen molar-refractivity contribution >= 4 is 52.1 Å². The number of nitrogens with one attached hydrogen (secondary N) is 1. The summed E-state index contributed by atoms with van der Waals surface area (Å²) >= 11 is 18.8. The van der Waals surface area contributed by atoms with Gasteiger partial charge in [0.05, 0.1) is 23.8 Å². The zero-order chi connectivity index (χ0) is 22.9. The molecular weight excluding hydrogens is 594 g/mol. The summed E-state index contributed by atoms with van der Waals surface area (Å²) in [6.45, 7) is 3.95. The Labute approximate surface area is 227 Å². The Morgan fingerprint density at radius 2 is 1.70 bits per heavy atom. The Bertz CT molecular complexity index is 1020. The maximum Gasteiger partial charge on any atom is 0.312 e. The second-order valence-corrected chi connectivity index (χ2v) is 10.1. The molecule has 4 rings (SSSR count). The first kappa shape index (κ1) is 26.5. The third kappa shape index (κ3) is 5.78. The van der Waals surface area contributed by atoms with E-state index < -0.39 is 0 Å². The van der Waals surface area contributed by atoms with Crippen LogP contribution in [0.2, 0.25) is 15.1 Å². The molecule has 33 heavy (non-hydrogen) atoms. The number of benzene rings is 2. The molecule has 0 aromatic heterocycles. The van der Waals surface area contributed by atoms with Crippen molar-refractivity contribution in [3.8, 4) is 0 Å². The maximum atomic E-state index is 13.5. The minimum absolute atomic E-state index is 0. The minimum Gasteiger partial charge on any atom is -1.00 e. The van der Waals surface area contributed by atoms with Gasteiger partial charge in [-0.05, 0) is 61.6 Å². The lowest BCUT2D eigenvalue weighted by Gasteiger charge is -2.36. The third-order valence-electron chi connectivity index (χ3n) is 6.43. The van der Waals surface area contributed by atoms with E-state index in [0.29, 0.717) is 25.4 Å². The van der Waals surface area contributed by atoms with Gasteiger partial charge in [-0.2, -0.15) is 10.5 Å². The first-order valence-electron chi connectivity index (χ1n) is 11.1. The fraction of sp³-hybridized carbons (Fsp3) is 0.417. The van der Waals surface area contributed by atoms with E-state index in [9.17, 15) is 4.79 Å². The van der Waals surface area contributed by atoms with Crippen molar-refractivity contribution in [1.29, 1.82) is 0 Å². The van der Waals surface area contributed by atoms with Crippen LogP contribution in [0.15, 0.2) is 47.6 Å². The number of halogens is 4. The highest BCUT2D eigenvalue weighted by Crippen LogP contribution is 2.43. The second kappa shape index (κ2) is 11.1. The number of rotatable bonds is 5. The van der Waals surface area contributed by atoms with E-state index in [1.165, 1.54) is 6.42 Å². The molecule has 1 amide bonds. The average molecular weight is 622 g/mol. The molecular formula is C24H28Cl3IN4O. The van der Waals surface area contributed by atoms with Crippen LogP contribution in [0.5, 0.6) is 0 Å². The number of quaternary nitrogens is 1. The molecule has 1 fully saturated rings. The Morgan fingerprint density at radius 1 is 1.06 bits per heavy atom. The Hall–Kier alpha value is -1.06. The largest absolute Gasteiger partial charge is 1.00 e. The molecule has 2 aliphatic rings. The van der Waals surface area contributed by atoms with Gasteiger partial charge in [0, 0.05) is 16.0 Å². The molecule has 1 saturated heterocycles. The van der Waals surface area contributed by atoms with Crippen LogP contribution >= 0.6 is 34.8 Å². The topological polar surface area (TPSA) is 44.7 Å². The van der Waals surface area contributed by atoms with Gasteiger partial charge in [-0.15, -0.1) is 0 Å². The Balaban J connectivity index is 0.00000306. The fourth-order valence-electron chi connectivity index (χ4n) is 4.73. The van der Waals surface area contributed by atoms with Crippen molar-refractivity contribution in [1.82, 2.24) is 5.43 Å². The van der Waals surface area contributed by atoms with Gasteiger partial charge < -0.3 is 24.0 Å². The quantitative estimate of drug-likeness (QED) is 0.412. The molecule has 0 unspecified atom stereocenters.